The van der Waals surface area contributed by atoms with Crippen molar-refractivity contribution in [2.75, 3.05) is 13.7 Å². The Morgan fingerprint density at radius 2 is 1.97 bits per heavy atom. The van der Waals surface area contributed by atoms with E-state index in [1.54, 1.807) is 19.4 Å². The molecule has 0 aliphatic carbocycles. The van der Waals surface area contributed by atoms with Gasteiger partial charge in [-0.25, -0.2) is 4.98 Å². The number of rotatable bonds is 10. The van der Waals surface area contributed by atoms with Crippen molar-refractivity contribution in [3.05, 3.63) is 53.7 Å². The van der Waals surface area contributed by atoms with Crippen LogP contribution in [0.1, 0.15) is 38.8 Å². The van der Waals surface area contributed by atoms with Gasteiger partial charge in [-0.2, -0.15) is 0 Å². The van der Waals surface area contributed by atoms with Crippen molar-refractivity contribution in [1.82, 2.24) is 10.3 Å². The van der Waals surface area contributed by atoms with Gasteiger partial charge in [0.15, 0.2) is 11.5 Å². The van der Waals surface area contributed by atoms with Crippen molar-refractivity contribution < 1.29 is 19.0 Å². The molecule has 1 N–H and O–H groups in total. The summed E-state index contributed by atoms with van der Waals surface area (Å²) in [7, 11) is 1.60. The van der Waals surface area contributed by atoms with Crippen LogP contribution in [-0.4, -0.2) is 30.7 Å². The molecule has 1 heterocycles. The first kappa shape index (κ1) is 22.3. The number of ether oxygens (including phenoxy) is 3. The first-order valence-corrected chi connectivity index (χ1v) is 9.76. The number of aromatic nitrogens is 1. The minimum atomic E-state index is -0.205. The fraction of sp³-hybridized carbons (Fsp3) is 0.391. The number of benzene rings is 1. The number of amides is 1. The number of nitrogens with zero attached hydrogens (tertiary/aromatic N) is 1. The van der Waals surface area contributed by atoms with Crippen LogP contribution in [0.3, 0.4) is 0 Å². The summed E-state index contributed by atoms with van der Waals surface area (Å²) in [5, 5.41) is 2.85. The van der Waals surface area contributed by atoms with Gasteiger partial charge in [0.05, 0.1) is 19.8 Å². The third kappa shape index (κ3) is 7.49. The second kappa shape index (κ2) is 11.1. The highest BCUT2D eigenvalue weighted by Gasteiger charge is 2.08. The second-order valence-electron chi connectivity index (χ2n) is 7.30. The predicted molar refractivity (Wildman–Crippen MR) is 114 cm³/mol. The van der Waals surface area contributed by atoms with Gasteiger partial charge in [0.25, 0.3) is 0 Å². The molecule has 2 aromatic rings. The number of carbonyl (C=O) groups excluding carboxylic acids is 1. The number of hydrogen-bond acceptors (Lipinski definition) is 5. The largest absolute Gasteiger partial charge is 0.493 e. The standard InChI is InChI=1S/C23H30N2O4/c1-16(2)15-28-20-10-8-18(13-21(20)27-5)9-11-22(26)25-14-19-7-6-12-24-23(19)29-17(3)4/h6-13,16-17H,14-15H2,1-5H3,(H,25,26)/b11-9+. The molecule has 29 heavy (non-hydrogen) atoms. The number of hydrogen-bond donors (Lipinski definition) is 1. The monoisotopic (exact) mass is 398 g/mol. The van der Waals surface area contributed by atoms with Crippen LogP contribution in [0.2, 0.25) is 0 Å². The smallest absolute Gasteiger partial charge is 0.244 e. The molecule has 0 radical (unpaired) electrons. The molecule has 0 unspecified atom stereocenters. The lowest BCUT2D eigenvalue weighted by molar-refractivity contribution is -0.116. The molecule has 0 bridgehead atoms. The number of methoxy groups -OCH3 is 1. The first-order chi connectivity index (χ1) is 13.9. The fourth-order valence-electron chi connectivity index (χ4n) is 2.46. The highest BCUT2D eigenvalue weighted by molar-refractivity contribution is 5.91. The average Bonchev–Trinajstić information content (AvgIpc) is 2.69. The quantitative estimate of drug-likeness (QED) is 0.606. The highest BCUT2D eigenvalue weighted by Crippen LogP contribution is 2.29. The Morgan fingerprint density at radius 1 is 1.17 bits per heavy atom. The Balaban J connectivity index is 1.97. The van der Waals surface area contributed by atoms with Crippen LogP contribution in [0.25, 0.3) is 6.08 Å². The van der Waals surface area contributed by atoms with Gasteiger partial charge in [-0.3, -0.25) is 4.79 Å². The molecule has 1 aromatic carbocycles. The lowest BCUT2D eigenvalue weighted by Crippen LogP contribution is -2.21. The summed E-state index contributed by atoms with van der Waals surface area (Å²) in [5.41, 5.74) is 1.68. The van der Waals surface area contributed by atoms with Gasteiger partial charge in [0.1, 0.15) is 0 Å². The second-order valence-corrected chi connectivity index (χ2v) is 7.30. The molecule has 1 amide bonds. The molecular weight excluding hydrogens is 368 g/mol. The lowest BCUT2D eigenvalue weighted by Gasteiger charge is -2.13. The fourth-order valence-corrected chi connectivity index (χ4v) is 2.46. The lowest BCUT2D eigenvalue weighted by atomic mass is 10.2. The summed E-state index contributed by atoms with van der Waals surface area (Å²) in [6, 6.07) is 9.28. The van der Waals surface area contributed by atoms with Gasteiger partial charge < -0.3 is 19.5 Å². The zero-order chi connectivity index (χ0) is 21.2. The maximum absolute atomic E-state index is 12.2. The molecule has 0 saturated heterocycles. The van der Waals surface area contributed by atoms with Crippen molar-refractivity contribution >= 4 is 12.0 Å². The minimum absolute atomic E-state index is 0.0155. The molecule has 6 heteroatoms. The van der Waals surface area contributed by atoms with Crippen molar-refractivity contribution in [2.45, 2.75) is 40.3 Å². The summed E-state index contributed by atoms with van der Waals surface area (Å²) < 4.78 is 16.8. The average molecular weight is 399 g/mol. The maximum atomic E-state index is 12.2. The van der Waals surface area contributed by atoms with E-state index in [9.17, 15) is 4.79 Å². The van der Waals surface area contributed by atoms with E-state index in [0.29, 0.717) is 36.4 Å². The molecule has 0 spiro atoms. The van der Waals surface area contributed by atoms with E-state index < -0.39 is 0 Å². The molecular formula is C23H30N2O4. The first-order valence-electron chi connectivity index (χ1n) is 9.76. The van der Waals surface area contributed by atoms with Gasteiger partial charge >= 0.3 is 0 Å². The molecule has 6 nitrogen and oxygen atoms in total. The van der Waals surface area contributed by atoms with E-state index in [0.717, 1.165) is 11.1 Å². The minimum Gasteiger partial charge on any atom is -0.493 e. The molecule has 0 fully saturated rings. The maximum Gasteiger partial charge on any atom is 0.244 e. The summed E-state index contributed by atoms with van der Waals surface area (Å²) in [6.07, 6.45) is 4.91. The number of carbonyl (C=O) groups is 1. The number of pyridine rings is 1. The van der Waals surface area contributed by atoms with Crippen LogP contribution in [0.4, 0.5) is 0 Å². The van der Waals surface area contributed by atoms with Crippen molar-refractivity contribution in [2.24, 2.45) is 5.92 Å². The SMILES string of the molecule is COc1cc(/C=C/C(=O)NCc2cccnc2OC(C)C)ccc1OCC(C)C. The normalized spacial score (nSPS) is 11.1. The van der Waals surface area contributed by atoms with Gasteiger partial charge in [-0.05, 0) is 49.6 Å². The highest BCUT2D eigenvalue weighted by atomic mass is 16.5. The Bertz CT molecular complexity index is 831. The van der Waals surface area contributed by atoms with Crippen molar-refractivity contribution in [3.63, 3.8) is 0 Å². The Kier molecular flexibility index (Phi) is 8.52. The molecule has 0 saturated carbocycles. The summed E-state index contributed by atoms with van der Waals surface area (Å²) in [4.78, 5) is 16.4. The molecule has 0 aliphatic heterocycles. The van der Waals surface area contributed by atoms with Crippen LogP contribution < -0.4 is 19.5 Å². The van der Waals surface area contributed by atoms with Gasteiger partial charge in [-0.1, -0.05) is 26.0 Å². The molecule has 0 atom stereocenters. The van der Waals surface area contributed by atoms with Gasteiger partial charge in [0, 0.05) is 24.4 Å². The van der Waals surface area contributed by atoms with Gasteiger partial charge in [-0.15, -0.1) is 0 Å². The van der Waals surface area contributed by atoms with E-state index in [1.165, 1.54) is 6.08 Å². The molecule has 156 valence electrons. The predicted octanol–water partition coefficient (Wildman–Crippen LogP) is 4.24. The van der Waals surface area contributed by atoms with Crippen LogP contribution in [0, 0.1) is 5.92 Å². The Hall–Kier alpha value is -3.02. The topological polar surface area (TPSA) is 69.7 Å². The zero-order valence-corrected chi connectivity index (χ0v) is 17.8. The molecule has 1 aromatic heterocycles. The zero-order valence-electron chi connectivity index (χ0n) is 17.8. The molecule has 2 rings (SSSR count). The summed E-state index contributed by atoms with van der Waals surface area (Å²) >= 11 is 0. The van der Waals surface area contributed by atoms with Crippen LogP contribution >= 0.6 is 0 Å². The van der Waals surface area contributed by atoms with Crippen LogP contribution in [0.15, 0.2) is 42.6 Å². The third-order valence-electron chi connectivity index (χ3n) is 3.84. The Morgan fingerprint density at radius 3 is 2.66 bits per heavy atom. The van der Waals surface area contributed by atoms with E-state index in [2.05, 4.69) is 24.1 Å². The van der Waals surface area contributed by atoms with Crippen molar-refractivity contribution in [1.29, 1.82) is 0 Å². The molecule has 0 aliphatic rings. The summed E-state index contributed by atoms with van der Waals surface area (Å²) in [6.45, 7) is 9.01. The Labute approximate surface area is 172 Å². The third-order valence-corrected chi connectivity index (χ3v) is 3.84. The van der Waals surface area contributed by atoms with Crippen LogP contribution in [0.5, 0.6) is 17.4 Å². The van der Waals surface area contributed by atoms with Crippen LogP contribution in [-0.2, 0) is 11.3 Å². The van der Waals surface area contributed by atoms with Gasteiger partial charge in [0.2, 0.25) is 11.8 Å². The van der Waals surface area contributed by atoms with E-state index in [1.807, 2.05) is 44.2 Å². The van der Waals surface area contributed by atoms with E-state index in [-0.39, 0.29) is 12.0 Å². The van der Waals surface area contributed by atoms with E-state index in [4.69, 9.17) is 14.2 Å². The number of nitrogens with one attached hydrogen (secondary N) is 1. The summed E-state index contributed by atoms with van der Waals surface area (Å²) in [5.74, 6) is 2.09. The van der Waals surface area contributed by atoms with Crippen molar-refractivity contribution in [3.8, 4) is 17.4 Å². The van der Waals surface area contributed by atoms with E-state index >= 15 is 0 Å².